The summed E-state index contributed by atoms with van der Waals surface area (Å²) in [6, 6.07) is 1.95. The Morgan fingerprint density at radius 1 is 1.73 bits per heavy atom. The first-order valence-corrected chi connectivity index (χ1v) is 3.74. The van der Waals surface area contributed by atoms with E-state index in [1.165, 1.54) is 5.57 Å². The highest BCUT2D eigenvalue weighted by Gasteiger charge is 1.94. The molecule has 0 spiro atoms. The highest BCUT2D eigenvalue weighted by atomic mass is 16.3. The van der Waals surface area contributed by atoms with Crippen LogP contribution in [0.4, 0.5) is 0 Å². The van der Waals surface area contributed by atoms with Crippen molar-refractivity contribution in [2.45, 2.75) is 13.3 Å². The number of rotatable bonds is 3. The van der Waals surface area contributed by atoms with Crippen molar-refractivity contribution in [1.82, 2.24) is 0 Å². The highest BCUT2D eigenvalue weighted by Crippen LogP contribution is 2.13. The van der Waals surface area contributed by atoms with Gasteiger partial charge < -0.3 is 10.2 Å². The van der Waals surface area contributed by atoms with Crippen molar-refractivity contribution in [2.24, 2.45) is 5.73 Å². The van der Waals surface area contributed by atoms with Crippen LogP contribution in [0, 0.1) is 0 Å². The molecule has 1 aromatic rings. The maximum Gasteiger partial charge on any atom is 0.0977 e. The van der Waals surface area contributed by atoms with Gasteiger partial charge in [-0.2, -0.15) is 0 Å². The fraction of sp³-hybridized carbons (Fsp3) is 0.333. The van der Waals surface area contributed by atoms with Gasteiger partial charge in [-0.3, -0.25) is 0 Å². The number of allylic oxidation sites excluding steroid dienone is 1. The molecule has 0 aliphatic carbocycles. The number of furan rings is 1. The minimum absolute atomic E-state index is 0.704. The number of nitrogens with two attached hydrogens (primary N) is 1. The lowest BCUT2D eigenvalue weighted by atomic mass is 10.1. The molecule has 0 saturated heterocycles. The summed E-state index contributed by atoms with van der Waals surface area (Å²) in [7, 11) is 0. The molecule has 11 heavy (non-hydrogen) atoms. The second-order valence-electron chi connectivity index (χ2n) is 2.48. The molecule has 0 unspecified atom stereocenters. The smallest absolute Gasteiger partial charge is 0.0977 e. The van der Waals surface area contributed by atoms with Crippen molar-refractivity contribution in [3.05, 3.63) is 30.2 Å². The quantitative estimate of drug-likeness (QED) is 0.717. The summed E-state index contributed by atoms with van der Waals surface area (Å²) in [5.74, 6) is 0. The van der Waals surface area contributed by atoms with E-state index in [0.29, 0.717) is 6.54 Å². The van der Waals surface area contributed by atoms with E-state index in [-0.39, 0.29) is 0 Å². The van der Waals surface area contributed by atoms with Crippen LogP contribution < -0.4 is 5.73 Å². The second kappa shape index (κ2) is 3.98. The van der Waals surface area contributed by atoms with Crippen LogP contribution in [-0.2, 0) is 0 Å². The molecule has 0 aliphatic heterocycles. The van der Waals surface area contributed by atoms with Gasteiger partial charge in [-0.15, -0.1) is 0 Å². The van der Waals surface area contributed by atoms with Crippen LogP contribution in [0.15, 0.2) is 29.1 Å². The Balaban J connectivity index is 2.62. The molecule has 0 radical (unpaired) electrons. The summed E-state index contributed by atoms with van der Waals surface area (Å²) in [5.41, 5.74) is 7.73. The van der Waals surface area contributed by atoms with Gasteiger partial charge in [0, 0.05) is 5.56 Å². The van der Waals surface area contributed by atoms with Crippen molar-refractivity contribution in [3.8, 4) is 0 Å². The number of hydrogen-bond donors (Lipinski definition) is 1. The summed E-state index contributed by atoms with van der Waals surface area (Å²) in [6.07, 6.45) is 6.46. The van der Waals surface area contributed by atoms with Crippen LogP contribution in [0.5, 0.6) is 0 Å². The molecule has 0 aliphatic rings. The summed E-state index contributed by atoms with van der Waals surface area (Å²) >= 11 is 0. The Labute approximate surface area is 66.7 Å². The molecule has 2 nitrogen and oxygen atoms in total. The standard InChI is InChI=1S/C9H13NO/c1-8(3-2-5-10)9-4-6-11-7-9/h3-4,6-7H,2,5,10H2,1H3/b8-3-. The molecule has 0 saturated carbocycles. The topological polar surface area (TPSA) is 39.2 Å². The Kier molecular flexibility index (Phi) is 2.93. The molecule has 0 fully saturated rings. The summed E-state index contributed by atoms with van der Waals surface area (Å²) < 4.78 is 4.94. The molecule has 1 heterocycles. The van der Waals surface area contributed by atoms with Crippen LogP contribution in [0.3, 0.4) is 0 Å². The maximum atomic E-state index is 5.36. The van der Waals surface area contributed by atoms with Crippen LogP contribution in [0.25, 0.3) is 5.57 Å². The average molecular weight is 151 g/mol. The number of hydrogen-bond acceptors (Lipinski definition) is 2. The van der Waals surface area contributed by atoms with E-state index in [4.69, 9.17) is 10.2 Å². The van der Waals surface area contributed by atoms with Gasteiger partial charge in [0.25, 0.3) is 0 Å². The normalized spacial score (nSPS) is 12.0. The first kappa shape index (κ1) is 8.08. The molecule has 1 rings (SSSR count). The van der Waals surface area contributed by atoms with Gasteiger partial charge in [-0.25, -0.2) is 0 Å². The molecule has 60 valence electrons. The zero-order chi connectivity index (χ0) is 8.10. The van der Waals surface area contributed by atoms with Gasteiger partial charge in [0.2, 0.25) is 0 Å². The molecule has 0 atom stereocenters. The van der Waals surface area contributed by atoms with Crippen molar-refractivity contribution in [2.75, 3.05) is 6.54 Å². The third kappa shape index (κ3) is 2.24. The van der Waals surface area contributed by atoms with E-state index < -0.39 is 0 Å². The Hall–Kier alpha value is -1.02. The van der Waals surface area contributed by atoms with Gasteiger partial charge in [0.1, 0.15) is 0 Å². The van der Waals surface area contributed by atoms with E-state index >= 15 is 0 Å². The second-order valence-corrected chi connectivity index (χ2v) is 2.48. The lowest BCUT2D eigenvalue weighted by molar-refractivity contribution is 0.566. The molecule has 0 amide bonds. The molecule has 0 aromatic carbocycles. The van der Waals surface area contributed by atoms with Crippen LogP contribution in [0.1, 0.15) is 18.9 Å². The fourth-order valence-electron chi connectivity index (χ4n) is 0.907. The highest BCUT2D eigenvalue weighted by molar-refractivity contribution is 5.62. The predicted molar refractivity (Wildman–Crippen MR) is 46.0 cm³/mol. The van der Waals surface area contributed by atoms with Gasteiger partial charge >= 0.3 is 0 Å². The summed E-state index contributed by atoms with van der Waals surface area (Å²) in [6.45, 7) is 2.76. The largest absolute Gasteiger partial charge is 0.472 e. The van der Waals surface area contributed by atoms with Crippen LogP contribution in [0.2, 0.25) is 0 Å². The SMILES string of the molecule is C/C(=C/CCN)c1ccoc1. The summed E-state index contributed by atoms with van der Waals surface area (Å²) in [5, 5.41) is 0. The Bertz CT molecular complexity index is 224. The van der Waals surface area contributed by atoms with Crippen molar-refractivity contribution >= 4 is 5.57 Å². The van der Waals surface area contributed by atoms with Gasteiger partial charge in [-0.1, -0.05) is 6.08 Å². The molecule has 1 aromatic heterocycles. The van der Waals surface area contributed by atoms with E-state index in [1.54, 1.807) is 12.5 Å². The van der Waals surface area contributed by atoms with Gasteiger partial charge in [0.15, 0.2) is 0 Å². The minimum Gasteiger partial charge on any atom is -0.472 e. The van der Waals surface area contributed by atoms with E-state index in [1.807, 2.05) is 6.07 Å². The molecular formula is C9H13NO. The minimum atomic E-state index is 0.704. The van der Waals surface area contributed by atoms with E-state index in [2.05, 4.69) is 13.0 Å². The average Bonchev–Trinajstić information content (AvgIpc) is 2.52. The van der Waals surface area contributed by atoms with Crippen molar-refractivity contribution in [3.63, 3.8) is 0 Å². The molecule has 2 N–H and O–H groups in total. The molecule has 0 bridgehead atoms. The lowest BCUT2D eigenvalue weighted by Crippen LogP contribution is -1.95. The van der Waals surface area contributed by atoms with E-state index in [0.717, 1.165) is 12.0 Å². The molecule has 2 heteroatoms. The maximum absolute atomic E-state index is 5.36. The van der Waals surface area contributed by atoms with Crippen LogP contribution >= 0.6 is 0 Å². The first-order valence-electron chi connectivity index (χ1n) is 3.74. The molecular weight excluding hydrogens is 138 g/mol. The first-order chi connectivity index (χ1) is 5.34. The Morgan fingerprint density at radius 3 is 3.09 bits per heavy atom. The zero-order valence-corrected chi connectivity index (χ0v) is 6.71. The summed E-state index contributed by atoms with van der Waals surface area (Å²) in [4.78, 5) is 0. The van der Waals surface area contributed by atoms with Crippen LogP contribution in [-0.4, -0.2) is 6.54 Å². The Morgan fingerprint density at radius 2 is 2.55 bits per heavy atom. The zero-order valence-electron chi connectivity index (χ0n) is 6.71. The van der Waals surface area contributed by atoms with Gasteiger partial charge in [0.05, 0.1) is 12.5 Å². The lowest BCUT2D eigenvalue weighted by Gasteiger charge is -1.93. The fourth-order valence-corrected chi connectivity index (χ4v) is 0.907. The van der Waals surface area contributed by atoms with E-state index in [9.17, 15) is 0 Å². The monoisotopic (exact) mass is 151 g/mol. The van der Waals surface area contributed by atoms with Gasteiger partial charge in [-0.05, 0) is 31.5 Å². The predicted octanol–water partition coefficient (Wildman–Crippen LogP) is 2.03. The van der Waals surface area contributed by atoms with Crippen molar-refractivity contribution < 1.29 is 4.42 Å². The third-order valence-electron chi connectivity index (χ3n) is 1.59. The van der Waals surface area contributed by atoms with Crippen molar-refractivity contribution in [1.29, 1.82) is 0 Å². The third-order valence-corrected chi connectivity index (χ3v) is 1.59.